The molecule has 1 N–H and O–H groups in total. The molecule has 0 fully saturated rings. The summed E-state index contributed by atoms with van der Waals surface area (Å²) in [6.07, 6.45) is 0. The second kappa shape index (κ2) is 4.97. The van der Waals surface area contributed by atoms with Crippen molar-refractivity contribution in [1.82, 2.24) is 5.10 Å². The van der Waals surface area contributed by atoms with Gasteiger partial charge in [-0.2, -0.15) is 8.42 Å². The summed E-state index contributed by atoms with van der Waals surface area (Å²) in [5.74, 6) is 0. The molecule has 0 unspecified atom stereocenters. The number of fused-ring (bicyclic) bond motifs is 1. The molecule has 0 amide bonds. The number of hydrogen-bond acceptors (Lipinski definition) is 4. The molecule has 7 heteroatoms. The van der Waals surface area contributed by atoms with E-state index < -0.39 is 10.4 Å². The second-order valence-electron chi connectivity index (χ2n) is 3.82. The normalized spacial score (nSPS) is 11.9. The van der Waals surface area contributed by atoms with Gasteiger partial charge in [0.1, 0.15) is 12.1 Å². The number of aryl methyl sites for hydroxylation is 1. The lowest BCUT2D eigenvalue weighted by Crippen LogP contribution is -2.43. The zero-order valence-corrected chi connectivity index (χ0v) is 10.6. The summed E-state index contributed by atoms with van der Waals surface area (Å²) in [6, 6.07) is 9.58. The van der Waals surface area contributed by atoms with Crippen molar-refractivity contribution in [2.75, 3.05) is 6.61 Å². The molecule has 96 valence electrons. The molecule has 1 aromatic heterocycles. The predicted octanol–water partition coefficient (Wildman–Crippen LogP) is 0.650. The van der Waals surface area contributed by atoms with Crippen molar-refractivity contribution in [3.63, 3.8) is 0 Å². The first-order chi connectivity index (χ1) is 8.46. The average molecular weight is 269 g/mol. The first-order valence-corrected chi connectivity index (χ1v) is 6.70. The van der Waals surface area contributed by atoms with Gasteiger partial charge in [0.05, 0.1) is 0 Å². The fraction of sp³-hybridized carbons (Fsp3) is 0.273. The van der Waals surface area contributed by atoms with Crippen LogP contribution in [0.1, 0.15) is 5.69 Å². The van der Waals surface area contributed by atoms with Crippen molar-refractivity contribution in [1.29, 1.82) is 0 Å². The van der Waals surface area contributed by atoms with Crippen molar-refractivity contribution in [2.45, 2.75) is 13.5 Å². The predicted molar refractivity (Wildman–Crippen MR) is 64.2 cm³/mol. The van der Waals surface area contributed by atoms with E-state index in [9.17, 15) is 8.42 Å². The monoisotopic (exact) mass is 269 g/mol. The molecule has 0 atom stereocenters. The number of benzene rings is 1. The van der Waals surface area contributed by atoms with Crippen LogP contribution in [-0.4, -0.2) is 24.7 Å². The molecule has 0 aliphatic heterocycles. The molecule has 0 saturated carbocycles. The molecule has 0 aliphatic carbocycles. The summed E-state index contributed by atoms with van der Waals surface area (Å²) in [5, 5.41) is 5.37. The highest BCUT2D eigenvalue weighted by molar-refractivity contribution is 7.80. The van der Waals surface area contributed by atoms with Crippen LogP contribution in [0.5, 0.6) is 0 Å². The number of nitrogens with zero attached hydrogens (tertiary/aromatic N) is 2. The van der Waals surface area contributed by atoms with E-state index in [0.29, 0.717) is 0 Å². The van der Waals surface area contributed by atoms with E-state index >= 15 is 0 Å². The van der Waals surface area contributed by atoms with E-state index in [1.807, 2.05) is 37.3 Å². The van der Waals surface area contributed by atoms with Crippen molar-refractivity contribution >= 4 is 21.3 Å². The van der Waals surface area contributed by atoms with E-state index in [1.165, 1.54) is 0 Å². The standard InChI is InChI=1S/C11H12N2O4S/c1-9-8-10-4-2-3-5-11(10)12-13(9)6-7-17-18(14,15)16/h2-5,8H,6-7H2,1H3/p+1. The first kappa shape index (κ1) is 12.9. The van der Waals surface area contributed by atoms with Crippen LogP contribution in [0.2, 0.25) is 0 Å². The van der Waals surface area contributed by atoms with Gasteiger partial charge in [0, 0.05) is 23.5 Å². The molecule has 1 heterocycles. The quantitative estimate of drug-likeness (QED) is 0.651. The Hall–Kier alpha value is -1.57. The van der Waals surface area contributed by atoms with Crippen LogP contribution in [0.15, 0.2) is 30.3 Å². The first-order valence-electron chi connectivity index (χ1n) is 5.34. The Balaban J connectivity index is 2.20. The molecular weight excluding hydrogens is 256 g/mol. The van der Waals surface area contributed by atoms with Gasteiger partial charge in [-0.05, 0) is 6.07 Å². The van der Waals surface area contributed by atoms with E-state index in [-0.39, 0.29) is 13.2 Å². The van der Waals surface area contributed by atoms with Gasteiger partial charge in [0.15, 0.2) is 6.54 Å². The summed E-state index contributed by atoms with van der Waals surface area (Å²) in [7, 11) is -4.39. The van der Waals surface area contributed by atoms with Gasteiger partial charge in [0.2, 0.25) is 5.69 Å². The Kier molecular flexibility index (Phi) is 3.55. The number of rotatable bonds is 4. The Morgan fingerprint density at radius 3 is 2.83 bits per heavy atom. The van der Waals surface area contributed by atoms with Crippen molar-refractivity contribution in [3.8, 4) is 0 Å². The van der Waals surface area contributed by atoms with Crippen LogP contribution in [-0.2, 0) is 21.1 Å². The third-order valence-corrected chi connectivity index (χ3v) is 2.94. The fourth-order valence-electron chi connectivity index (χ4n) is 1.66. The lowest BCUT2D eigenvalue weighted by Gasteiger charge is -2.00. The Bertz CT molecular complexity index is 670. The maximum Gasteiger partial charge on any atom is 0.397 e. The summed E-state index contributed by atoms with van der Waals surface area (Å²) in [5.41, 5.74) is 1.70. The molecule has 2 aromatic rings. The van der Waals surface area contributed by atoms with Crippen LogP contribution < -0.4 is 4.68 Å². The maximum absolute atomic E-state index is 10.4. The minimum atomic E-state index is -4.39. The molecule has 18 heavy (non-hydrogen) atoms. The summed E-state index contributed by atoms with van der Waals surface area (Å²) >= 11 is 0. The molecule has 0 aliphatic rings. The Morgan fingerprint density at radius 1 is 1.39 bits per heavy atom. The van der Waals surface area contributed by atoms with Gasteiger partial charge in [-0.1, -0.05) is 22.9 Å². The number of aromatic nitrogens is 2. The highest BCUT2D eigenvalue weighted by atomic mass is 32.3. The van der Waals surface area contributed by atoms with E-state index in [2.05, 4.69) is 9.28 Å². The minimum absolute atomic E-state index is 0.157. The molecule has 1 aromatic carbocycles. The Morgan fingerprint density at radius 2 is 2.11 bits per heavy atom. The van der Waals surface area contributed by atoms with Crippen LogP contribution in [0.4, 0.5) is 0 Å². The molecule has 0 spiro atoms. The number of hydrogen-bond donors (Lipinski definition) is 1. The molecule has 0 bridgehead atoms. The summed E-state index contributed by atoms with van der Waals surface area (Å²) < 4.78 is 35.2. The van der Waals surface area contributed by atoms with Gasteiger partial charge in [-0.3, -0.25) is 4.55 Å². The molecular formula is C11H13N2O4S+. The van der Waals surface area contributed by atoms with E-state index in [1.54, 1.807) is 4.68 Å². The van der Waals surface area contributed by atoms with Crippen LogP contribution >= 0.6 is 0 Å². The molecule has 2 rings (SSSR count). The highest BCUT2D eigenvalue weighted by Gasteiger charge is 2.13. The Labute approximate surface area is 105 Å². The second-order valence-corrected chi connectivity index (χ2v) is 4.91. The average Bonchev–Trinajstić information content (AvgIpc) is 2.28. The summed E-state index contributed by atoms with van der Waals surface area (Å²) in [4.78, 5) is 0. The van der Waals surface area contributed by atoms with E-state index in [0.717, 1.165) is 16.6 Å². The van der Waals surface area contributed by atoms with Crippen LogP contribution in [0, 0.1) is 6.92 Å². The highest BCUT2D eigenvalue weighted by Crippen LogP contribution is 2.09. The van der Waals surface area contributed by atoms with Crippen LogP contribution in [0.3, 0.4) is 0 Å². The molecule has 6 nitrogen and oxygen atoms in total. The topological polar surface area (TPSA) is 80.4 Å². The van der Waals surface area contributed by atoms with Crippen LogP contribution in [0.25, 0.3) is 10.9 Å². The lowest BCUT2D eigenvalue weighted by atomic mass is 10.2. The minimum Gasteiger partial charge on any atom is -0.264 e. The van der Waals surface area contributed by atoms with Gasteiger partial charge in [-0.15, -0.1) is 0 Å². The third kappa shape index (κ3) is 3.22. The zero-order chi connectivity index (χ0) is 13.2. The summed E-state index contributed by atoms with van der Waals surface area (Å²) in [6.45, 7) is 1.96. The van der Waals surface area contributed by atoms with Gasteiger partial charge in [0.25, 0.3) is 0 Å². The maximum atomic E-state index is 10.4. The smallest absolute Gasteiger partial charge is 0.264 e. The third-order valence-electron chi connectivity index (χ3n) is 2.47. The molecule has 0 saturated heterocycles. The van der Waals surface area contributed by atoms with Crippen molar-refractivity contribution < 1.29 is 21.8 Å². The van der Waals surface area contributed by atoms with Gasteiger partial charge < -0.3 is 0 Å². The van der Waals surface area contributed by atoms with Crippen molar-refractivity contribution in [3.05, 3.63) is 36.0 Å². The lowest BCUT2D eigenvalue weighted by molar-refractivity contribution is -0.757. The fourth-order valence-corrected chi connectivity index (χ4v) is 1.95. The molecule has 0 radical (unpaired) electrons. The van der Waals surface area contributed by atoms with Gasteiger partial charge >= 0.3 is 10.4 Å². The largest absolute Gasteiger partial charge is 0.397 e. The van der Waals surface area contributed by atoms with Crippen molar-refractivity contribution in [2.24, 2.45) is 0 Å². The zero-order valence-electron chi connectivity index (χ0n) is 9.78. The van der Waals surface area contributed by atoms with E-state index in [4.69, 9.17) is 4.55 Å². The SMILES string of the molecule is Cc1cc2ccccc2n[n+]1CCOS(=O)(=O)O. The van der Waals surface area contributed by atoms with Gasteiger partial charge in [-0.25, -0.2) is 4.18 Å².